The second kappa shape index (κ2) is 8.58. The van der Waals surface area contributed by atoms with E-state index in [1.54, 1.807) is 23.9 Å². The summed E-state index contributed by atoms with van der Waals surface area (Å²) in [6.07, 6.45) is 0.637. The van der Waals surface area contributed by atoms with Gasteiger partial charge in [0, 0.05) is 32.9 Å². The number of hydrogen-bond donors (Lipinski definition) is 1. The molecule has 3 aromatic carbocycles. The van der Waals surface area contributed by atoms with Crippen LogP contribution in [0.15, 0.2) is 81.4 Å². The van der Waals surface area contributed by atoms with Gasteiger partial charge in [0.05, 0.1) is 16.3 Å². The van der Waals surface area contributed by atoms with Gasteiger partial charge in [-0.05, 0) is 61.0 Å². The lowest BCUT2D eigenvalue weighted by Crippen LogP contribution is -2.29. The topological polar surface area (TPSA) is 49.4 Å². The van der Waals surface area contributed by atoms with E-state index >= 15 is 0 Å². The zero-order valence-corrected chi connectivity index (χ0v) is 18.5. The molecule has 1 aliphatic heterocycles. The van der Waals surface area contributed by atoms with Crippen molar-refractivity contribution in [2.24, 2.45) is 0 Å². The van der Waals surface area contributed by atoms with Crippen LogP contribution in [0.2, 0.25) is 10.0 Å². The van der Waals surface area contributed by atoms with Gasteiger partial charge in [-0.1, -0.05) is 47.1 Å². The van der Waals surface area contributed by atoms with E-state index in [0.29, 0.717) is 29.6 Å². The van der Waals surface area contributed by atoms with Gasteiger partial charge in [0.25, 0.3) is 0 Å². The molecule has 150 valence electrons. The number of benzene rings is 3. The molecular formula is C21H18Cl2N2O2S2. The summed E-state index contributed by atoms with van der Waals surface area (Å²) in [4.78, 5) is 4.71. The highest BCUT2D eigenvalue weighted by molar-refractivity contribution is 7.99. The Hall–Kier alpha value is -1.70. The lowest BCUT2D eigenvalue weighted by molar-refractivity contribution is 0.579. The molecule has 0 spiro atoms. The fourth-order valence-corrected chi connectivity index (χ4v) is 5.63. The fourth-order valence-electron chi connectivity index (χ4n) is 3.18. The minimum absolute atomic E-state index is 0.207. The summed E-state index contributed by atoms with van der Waals surface area (Å²) in [6.45, 7) is 0.987. The van der Waals surface area contributed by atoms with E-state index in [4.69, 9.17) is 23.2 Å². The summed E-state index contributed by atoms with van der Waals surface area (Å²) in [7, 11) is -3.56. The Kier molecular flexibility index (Phi) is 6.08. The largest absolute Gasteiger partial charge is 0.340 e. The molecule has 0 saturated heterocycles. The van der Waals surface area contributed by atoms with Crippen molar-refractivity contribution in [3.8, 4) is 0 Å². The highest BCUT2D eigenvalue weighted by Gasteiger charge is 2.23. The molecule has 3 aromatic rings. The predicted molar refractivity (Wildman–Crippen MR) is 120 cm³/mol. The standard InChI is InChI=1S/C21H18Cl2N2O2S2/c22-15-6-9-17(10-7-15)29(26,27)24-12-3-13-25-18-4-1-2-5-20(18)28-21-11-8-16(23)14-19(21)25/h1-2,4-11,14,24H,3,12-13H2. The first-order valence-corrected chi connectivity index (χ1v) is 12.1. The number of nitrogens with one attached hydrogen (secondary N) is 1. The van der Waals surface area contributed by atoms with E-state index in [1.165, 1.54) is 17.0 Å². The van der Waals surface area contributed by atoms with Crippen molar-refractivity contribution in [2.75, 3.05) is 18.0 Å². The Morgan fingerprint density at radius 2 is 1.55 bits per heavy atom. The molecule has 0 atom stereocenters. The lowest BCUT2D eigenvalue weighted by Gasteiger charge is -2.33. The van der Waals surface area contributed by atoms with Crippen LogP contribution in [0, 0.1) is 0 Å². The van der Waals surface area contributed by atoms with Crippen molar-refractivity contribution in [1.82, 2.24) is 4.72 Å². The van der Waals surface area contributed by atoms with Gasteiger partial charge >= 0.3 is 0 Å². The molecule has 4 nitrogen and oxygen atoms in total. The van der Waals surface area contributed by atoms with Crippen LogP contribution in [0.3, 0.4) is 0 Å². The third kappa shape index (κ3) is 4.57. The molecule has 0 aromatic heterocycles. The van der Waals surface area contributed by atoms with Crippen molar-refractivity contribution in [1.29, 1.82) is 0 Å². The zero-order chi connectivity index (χ0) is 20.4. The normalized spacial score (nSPS) is 13.1. The minimum atomic E-state index is -3.56. The molecule has 1 N–H and O–H groups in total. The quantitative estimate of drug-likeness (QED) is 0.456. The van der Waals surface area contributed by atoms with E-state index in [-0.39, 0.29) is 4.90 Å². The van der Waals surface area contributed by atoms with Crippen LogP contribution in [0.4, 0.5) is 11.4 Å². The number of nitrogens with zero attached hydrogens (tertiary/aromatic N) is 1. The Labute approximate surface area is 184 Å². The van der Waals surface area contributed by atoms with Gasteiger partial charge in [-0.25, -0.2) is 13.1 Å². The number of anilines is 2. The van der Waals surface area contributed by atoms with Gasteiger partial charge in [0.2, 0.25) is 10.0 Å². The molecule has 1 heterocycles. The Bertz CT molecular complexity index is 1140. The lowest BCUT2D eigenvalue weighted by atomic mass is 10.2. The molecule has 0 fully saturated rings. The number of halogens is 2. The number of rotatable bonds is 6. The van der Waals surface area contributed by atoms with Gasteiger partial charge in [-0.2, -0.15) is 0 Å². The molecule has 29 heavy (non-hydrogen) atoms. The van der Waals surface area contributed by atoms with Crippen LogP contribution in [-0.2, 0) is 10.0 Å². The van der Waals surface area contributed by atoms with Crippen molar-refractivity contribution >= 4 is 56.4 Å². The highest BCUT2D eigenvalue weighted by atomic mass is 35.5. The Morgan fingerprint density at radius 1 is 0.862 bits per heavy atom. The van der Waals surface area contributed by atoms with Crippen LogP contribution in [-0.4, -0.2) is 21.5 Å². The molecule has 0 bridgehead atoms. The molecule has 8 heteroatoms. The van der Waals surface area contributed by atoms with Gasteiger partial charge in [0.1, 0.15) is 0 Å². The predicted octanol–water partition coefficient (Wildman–Crippen LogP) is 5.96. The maximum atomic E-state index is 12.4. The molecule has 0 saturated carbocycles. The highest BCUT2D eigenvalue weighted by Crippen LogP contribution is 2.48. The minimum Gasteiger partial charge on any atom is -0.340 e. The van der Waals surface area contributed by atoms with Crippen LogP contribution in [0.25, 0.3) is 0 Å². The van der Waals surface area contributed by atoms with E-state index in [1.807, 2.05) is 30.3 Å². The fraction of sp³-hybridized carbons (Fsp3) is 0.143. The maximum Gasteiger partial charge on any atom is 0.240 e. The Balaban J connectivity index is 1.47. The van der Waals surface area contributed by atoms with Gasteiger partial charge in [-0.3, -0.25) is 0 Å². The molecule has 0 radical (unpaired) electrons. The zero-order valence-electron chi connectivity index (χ0n) is 15.3. The van der Waals surface area contributed by atoms with Crippen molar-refractivity contribution in [3.05, 3.63) is 76.8 Å². The molecule has 0 amide bonds. The average molecular weight is 465 g/mol. The molecular weight excluding hydrogens is 447 g/mol. The summed E-state index contributed by atoms with van der Waals surface area (Å²) in [5, 5.41) is 1.18. The summed E-state index contributed by atoms with van der Waals surface area (Å²) < 4.78 is 27.6. The summed E-state index contributed by atoms with van der Waals surface area (Å²) in [6, 6.07) is 20.2. The number of sulfonamides is 1. The van der Waals surface area contributed by atoms with Crippen LogP contribution >= 0.6 is 35.0 Å². The van der Waals surface area contributed by atoms with E-state index in [9.17, 15) is 8.42 Å². The average Bonchev–Trinajstić information content (AvgIpc) is 2.71. The van der Waals surface area contributed by atoms with Crippen LogP contribution in [0.5, 0.6) is 0 Å². The van der Waals surface area contributed by atoms with Gasteiger partial charge in [0.15, 0.2) is 0 Å². The van der Waals surface area contributed by atoms with Crippen LogP contribution < -0.4 is 9.62 Å². The molecule has 1 aliphatic rings. The molecule has 0 unspecified atom stereocenters. The first-order valence-electron chi connectivity index (χ1n) is 9.03. The summed E-state index contributed by atoms with van der Waals surface area (Å²) in [5.41, 5.74) is 2.15. The van der Waals surface area contributed by atoms with Crippen molar-refractivity contribution in [3.63, 3.8) is 0 Å². The summed E-state index contributed by atoms with van der Waals surface area (Å²) >= 11 is 13.8. The SMILES string of the molecule is O=S(=O)(NCCCN1c2ccccc2Sc2ccc(Cl)cc21)c1ccc(Cl)cc1. The summed E-state index contributed by atoms with van der Waals surface area (Å²) in [5.74, 6) is 0. The third-order valence-electron chi connectivity index (χ3n) is 4.56. The number of para-hydroxylation sites is 1. The second-order valence-electron chi connectivity index (χ2n) is 6.54. The van der Waals surface area contributed by atoms with E-state index < -0.39 is 10.0 Å². The van der Waals surface area contributed by atoms with E-state index in [0.717, 1.165) is 16.3 Å². The van der Waals surface area contributed by atoms with Crippen LogP contribution in [0.1, 0.15) is 6.42 Å². The van der Waals surface area contributed by atoms with Gasteiger partial charge < -0.3 is 4.90 Å². The number of fused-ring (bicyclic) bond motifs is 2. The van der Waals surface area contributed by atoms with Crippen molar-refractivity contribution < 1.29 is 8.42 Å². The third-order valence-corrected chi connectivity index (χ3v) is 7.66. The smallest absolute Gasteiger partial charge is 0.240 e. The van der Waals surface area contributed by atoms with E-state index in [2.05, 4.69) is 21.8 Å². The van der Waals surface area contributed by atoms with Gasteiger partial charge in [-0.15, -0.1) is 0 Å². The molecule has 0 aliphatic carbocycles. The monoisotopic (exact) mass is 464 g/mol. The Morgan fingerprint density at radius 3 is 2.34 bits per heavy atom. The second-order valence-corrected chi connectivity index (χ2v) is 10.3. The molecule has 4 rings (SSSR count). The number of hydrogen-bond acceptors (Lipinski definition) is 4. The first-order chi connectivity index (χ1) is 13.9. The maximum absolute atomic E-state index is 12.4. The first kappa shape index (κ1) is 20.6. The van der Waals surface area contributed by atoms with Crippen molar-refractivity contribution in [2.45, 2.75) is 21.1 Å².